The molecule has 0 aliphatic carbocycles. The second-order valence-electron chi connectivity index (χ2n) is 4.89. The lowest BCUT2D eigenvalue weighted by atomic mass is 10.1. The molecule has 1 atom stereocenters. The molecule has 2 rings (SSSR count). The first-order valence-corrected chi connectivity index (χ1v) is 7.06. The minimum Gasteiger partial charge on any atom is -0.493 e. The van der Waals surface area contributed by atoms with Crippen LogP contribution in [-0.4, -0.2) is 46.4 Å². The molecule has 1 saturated heterocycles. The molecule has 2 N–H and O–H groups in total. The van der Waals surface area contributed by atoms with Crippen LogP contribution in [0.4, 0.5) is 5.69 Å². The Hall–Kier alpha value is -1.79. The number of rotatable bonds is 7. The Balaban J connectivity index is 2.01. The van der Waals surface area contributed by atoms with E-state index in [2.05, 4.69) is 10.6 Å². The van der Waals surface area contributed by atoms with E-state index < -0.39 is 0 Å². The Morgan fingerprint density at radius 1 is 1.33 bits per heavy atom. The van der Waals surface area contributed by atoms with E-state index in [1.54, 1.807) is 26.4 Å². The molecular weight excluding hydrogens is 272 g/mol. The third-order valence-electron chi connectivity index (χ3n) is 3.41. The van der Waals surface area contributed by atoms with Gasteiger partial charge in [-0.1, -0.05) is 0 Å². The summed E-state index contributed by atoms with van der Waals surface area (Å²) in [6, 6.07) is 5.36. The standard InChI is InChI=1S/C15H22N2O4/c1-19-7-8-21-14-9-12(3-4-13(14)20-2)17-15(18)11-5-6-16-10-11/h3-4,9,11,16H,5-8,10H2,1-2H3,(H,17,18). The third-order valence-corrected chi connectivity index (χ3v) is 3.41. The predicted molar refractivity (Wildman–Crippen MR) is 80.0 cm³/mol. The summed E-state index contributed by atoms with van der Waals surface area (Å²) in [6.45, 7) is 2.55. The van der Waals surface area contributed by atoms with Crippen LogP contribution in [0.2, 0.25) is 0 Å². The Morgan fingerprint density at radius 2 is 2.19 bits per heavy atom. The van der Waals surface area contributed by atoms with Crippen molar-refractivity contribution in [3.05, 3.63) is 18.2 Å². The number of carbonyl (C=O) groups excluding carboxylic acids is 1. The summed E-state index contributed by atoms with van der Waals surface area (Å²) >= 11 is 0. The van der Waals surface area contributed by atoms with Gasteiger partial charge >= 0.3 is 0 Å². The van der Waals surface area contributed by atoms with E-state index in [0.29, 0.717) is 30.4 Å². The van der Waals surface area contributed by atoms with Gasteiger partial charge in [-0.25, -0.2) is 0 Å². The van der Waals surface area contributed by atoms with E-state index in [-0.39, 0.29) is 11.8 Å². The molecule has 0 saturated carbocycles. The van der Waals surface area contributed by atoms with Gasteiger partial charge in [-0.2, -0.15) is 0 Å². The number of hydrogen-bond donors (Lipinski definition) is 2. The van der Waals surface area contributed by atoms with Crippen LogP contribution < -0.4 is 20.1 Å². The van der Waals surface area contributed by atoms with Crippen LogP contribution in [-0.2, 0) is 9.53 Å². The number of anilines is 1. The van der Waals surface area contributed by atoms with Crippen molar-refractivity contribution in [1.82, 2.24) is 5.32 Å². The largest absolute Gasteiger partial charge is 0.493 e. The number of nitrogens with one attached hydrogen (secondary N) is 2. The fourth-order valence-corrected chi connectivity index (χ4v) is 2.22. The molecule has 0 spiro atoms. The highest BCUT2D eigenvalue weighted by atomic mass is 16.5. The molecule has 21 heavy (non-hydrogen) atoms. The maximum absolute atomic E-state index is 12.1. The number of benzene rings is 1. The summed E-state index contributed by atoms with van der Waals surface area (Å²) in [5.74, 6) is 1.29. The monoisotopic (exact) mass is 294 g/mol. The normalized spacial score (nSPS) is 17.5. The minimum absolute atomic E-state index is 0.0324. The van der Waals surface area contributed by atoms with Crippen LogP contribution in [0.5, 0.6) is 11.5 Å². The van der Waals surface area contributed by atoms with Gasteiger partial charge < -0.3 is 24.8 Å². The molecule has 6 heteroatoms. The summed E-state index contributed by atoms with van der Waals surface area (Å²) < 4.78 is 15.8. The van der Waals surface area contributed by atoms with Gasteiger partial charge in [0.2, 0.25) is 5.91 Å². The van der Waals surface area contributed by atoms with Crippen molar-refractivity contribution in [2.24, 2.45) is 5.92 Å². The fourth-order valence-electron chi connectivity index (χ4n) is 2.22. The fraction of sp³-hybridized carbons (Fsp3) is 0.533. The highest BCUT2D eigenvalue weighted by Gasteiger charge is 2.22. The van der Waals surface area contributed by atoms with Crippen molar-refractivity contribution in [1.29, 1.82) is 0 Å². The van der Waals surface area contributed by atoms with Crippen LogP contribution in [0.25, 0.3) is 0 Å². The van der Waals surface area contributed by atoms with Crippen LogP contribution in [0.1, 0.15) is 6.42 Å². The third kappa shape index (κ3) is 4.34. The number of carbonyl (C=O) groups is 1. The van der Waals surface area contributed by atoms with E-state index in [9.17, 15) is 4.79 Å². The molecule has 6 nitrogen and oxygen atoms in total. The molecule has 116 valence electrons. The highest BCUT2D eigenvalue weighted by Crippen LogP contribution is 2.30. The molecule has 0 bridgehead atoms. The quantitative estimate of drug-likeness (QED) is 0.741. The average molecular weight is 294 g/mol. The Labute approximate surface area is 124 Å². The number of amides is 1. The van der Waals surface area contributed by atoms with Gasteiger partial charge in [-0.3, -0.25) is 4.79 Å². The number of methoxy groups -OCH3 is 2. The number of ether oxygens (including phenoxy) is 3. The van der Waals surface area contributed by atoms with Crippen LogP contribution in [0.3, 0.4) is 0 Å². The van der Waals surface area contributed by atoms with Gasteiger partial charge in [-0.15, -0.1) is 0 Å². The zero-order valence-corrected chi connectivity index (χ0v) is 12.5. The molecule has 1 aromatic carbocycles. The Kier molecular flexibility index (Phi) is 5.83. The van der Waals surface area contributed by atoms with E-state index in [0.717, 1.165) is 19.5 Å². The summed E-state index contributed by atoms with van der Waals surface area (Å²) in [6.07, 6.45) is 0.874. The predicted octanol–water partition coefficient (Wildman–Crippen LogP) is 1.27. The first-order valence-electron chi connectivity index (χ1n) is 7.06. The van der Waals surface area contributed by atoms with Crippen LogP contribution >= 0.6 is 0 Å². The van der Waals surface area contributed by atoms with Gasteiger partial charge in [0.05, 0.1) is 19.6 Å². The minimum atomic E-state index is 0.0324. The van der Waals surface area contributed by atoms with Gasteiger partial charge in [0.15, 0.2) is 11.5 Å². The van der Waals surface area contributed by atoms with Gasteiger partial charge in [0, 0.05) is 25.4 Å². The molecule has 1 aromatic rings. The summed E-state index contributed by atoms with van der Waals surface area (Å²) in [7, 11) is 3.20. The smallest absolute Gasteiger partial charge is 0.228 e. The lowest BCUT2D eigenvalue weighted by Gasteiger charge is -2.14. The summed E-state index contributed by atoms with van der Waals surface area (Å²) in [4.78, 5) is 12.1. The van der Waals surface area contributed by atoms with Gasteiger partial charge in [0.25, 0.3) is 0 Å². The molecule has 0 aromatic heterocycles. The van der Waals surface area contributed by atoms with Gasteiger partial charge in [-0.05, 0) is 25.1 Å². The number of hydrogen-bond acceptors (Lipinski definition) is 5. The van der Waals surface area contributed by atoms with E-state index >= 15 is 0 Å². The lowest BCUT2D eigenvalue weighted by Crippen LogP contribution is -2.24. The van der Waals surface area contributed by atoms with E-state index in [1.807, 2.05) is 6.07 Å². The average Bonchev–Trinajstić information content (AvgIpc) is 3.02. The Bertz CT molecular complexity index is 473. The van der Waals surface area contributed by atoms with Crippen LogP contribution in [0.15, 0.2) is 18.2 Å². The summed E-state index contributed by atoms with van der Waals surface area (Å²) in [5, 5.41) is 6.10. The zero-order chi connectivity index (χ0) is 15.1. The van der Waals surface area contributed by atoms with E-state index in [1.165, 1.54) is 0 Å². The highest BCUT2D eigenvalue weighted by molar-refractivity contribution is 5.93. The van der Waals surface area contributed by atoms with E-state index in [4.69, 9.17) is 14.2 Å². The van der Waals surface area contributed by atoms with Crippen molar-refractivity contribution < 1.29 is 19.0 Å². The maximum atomic E-state index is 12.1. The lowest BCUT2D eigenvalue weighted by molar-refractivity contribution is -0.119. The van der Waals surface area contributed by atoms with Crippen molar-refractivity contribution in [3.63, 3.8) is 0 Å². The first-order chi connectivity index (χ1) is 10.2. The molecule has 1 unspecified atom stereocenters. The molecule has 1 aliphatic rings. The molecular formula is C15H22N2O4. The first kappa shape index (κ1) is 15.6. The molecule has 1 amide bonds. The summed E-state index contributed by atoms with van der Waals surface area (Å²) in [5.41, 5.74) is 0.708. The van der Waals surface area contributed by atoms with Crippen molar-refractivity contribution >= 4 is 11.6 Å². The van der Waals surface area contributed by atoms with Crippen molar-refractivity contribution in [2.45, 2.75) is 6.42 Å². The van der Waals surface area contributed by atoms with Gasteiger partial charge in [0.1, 0.15) is 6.61 Å². The molecule has 1 aliphatic heterocycles. The zero-order valence-electron chi connectivity index (χ0n) is 12.5. The van der Waals surface area contributed by atoms with Crippen molar-refractivity contribution in [3.8, 4) is 11.5 Å². The SMILES string of the molecule is COCCOc1cc(NC(=O)C2CCNC2)ccc1OC. The second kappa shape index (κ2) is 7.85. The molecule has 0 radical (unpaired) electrons. The molecule has 1 fully saturated rings. The van der Waals surface area contributed by atoms with Crippen LogP contribution in [0, 0.1) is 5.92 Å². The maximum Gasteiger partial charge on any atom is 0.228 e. The topological polar surface area (TPSA) is 68.8 Å². The Morgan fingerprint density at radius 3 is 2.86 bits per heavy atom. The second-order valence-corrected chi connectivity index (χ2v) is 4.89. The van der Waals surface area contributed by atoms with Crippen molar-refractivity contribution in [2.75, 3.05) is 45.8 Å². The molecule has 1 heterocycles.